The van der Waals surface area contributed by atoms with Crippen molar-refractivity contribution in [2.45, 2.75) is 51.0 Å². The first-order chi connectivity index (χ1) is 8.75. The normalized spacial score (nSPS) is 33.1. The molecular formula is C14H26N2O2. The van der Waals surface area contributed by atoms with E-state index < -0.39 is 0 Å². The second-order valence-electron chi connectivity index (χ2n) is 5.80. The van der Waals surface area contributed by atoms with Crippen molar-refractivity contribution in [2.24, 2.45) is 17.6 Å². The standard InChI is InChI=1S/C14H26N2O2/c15-13-6-2-1-5-12(13)8-14(17)16-9-11-4-3-7-18-10-11/h11-13H,1-10,15H2,(H,16,17). The Morgan fingerprint density at radius 1 is 1.22 bits per heavy atom. The Labute approximate surface area is 110 Å². The minimum Gasteiger partial charge on any atom is -0.381 e. The highest BCUT2D eigenvalue weighted by molar-refractivity contribution is 5.76. The van der Waals surface area contributed by atoms with E-state index in [2.05, 4.69) is 5.32 Å². The number of hydrogen-bond acceptors (Lipinski definition) is 3. The molecule has 1 saturated heterocycles. The van der Waals surface area contributed by atoms with Crippen LogP contribution < -0.4 is 11.1 Å². The lowest BCUT2D eigenvalue weighted by atomic mass is 9.83. The van der Waals surface area contributed by atoms with E-state index >= 15 is 0 Å². The molecule has 2 aliphatic rings. The van der Waals surface area contributed by atoms with Gasteiger partial charge in [0.15, 0.2) is 0 Å². The molecule has 18 heavy (non-hydrogen) atoms. The highest BCUT2D eigenvalue weighted by Crippen LogP contribution is 2.25. The first-order valence-electron chi connectivity index (χ1n) is 7.35. The summed E-state index contributed by atoms with van der Waals surface area (Å²) in [5, 5.41) is 3.05. The van der Waals surface area contributed by atoms with Crippen LogP contribution in [0.4, 0.5) is 0 Å². The highest BCUT2D eigenvalue weighted by Gasteiger charge is 2.24. The van der Waals surface area contributed by atoms with Gasteiger partial charge in [-0.25, -0.2) is 0 Å². The van der Waals surface area contributed by atoms with Gasteiger partial charge in [-0.05, 0) is 37.5 Å². The molecule has 0 bridgehead atoms. The summed E-state index contributed by atoms with van der Waals surface area (Å²) in [4.78, 5) is 11.9. The highest BCUT2D eigenvalue weighted by atomic mass is 16.5. The van der Waals surface area contributed by atoms with Gasteiger partial charge in [0.1, 0.15) is 0 Å². The lowest BCUT2D eigenvalue weighted by Gasteiger charge is -2.28. The maximum atomic E-state index is 11.9. The molecule has 104 valence electrons. The minimum atomic E-state index is 0.169. The summed E-state index contributed by atoms with van der Waals surface area (Å²) in [6, 6.07) is 0.225. The van der Waals surface area contributed by atoms with Crippen molar-refractivity contribution in [3.05, 3.63) is 0 Å². The number of nitrogens with one attached hydrogen (secondary N) is 1. The number of amides is 1. The predicted molar refractivity (Wildman–Crippen MR) is 71.1 cm³/mol. The van der Waals surface area contributed by atoms with Gasteiger partial charge in [0.2, 0.25) is 5.91 Å². The summed E-state index contributed by atoms with van der Waals surface area (Å²) in [7, 11) is 0. The van der Waals surface area contributed by atoms with Crippen LogP contribution in [0.3, 0.4) is 0 Å². The van der Waals surface area contributed by atoms with Gasteiger partial charge in [-0.15, -0.1) is 0 Å². The molecule has 1 aliphatic carbocycles. The predicted octanol–water partition coefficient (Wildman–Crippen LogP) is 1.44. The first kappa shape index (κ1) is 13.8. The maximum Gasteiger partial charge on any atom is 0.220 e. The van der Waals surface area contributed by atoms with Crippen molar-refractivity contribution in [1.82, 2.24) is 5.32 Å². The average molecular weight is 254 g/mol. The third-order valence-electron chi connectivity index (χ3n) is 4.26. The Morgan fingerprint density at radius 2 is 2.06 bits per heavy atom. The molecule has 1 amide bonds. The van der Waals surface area contributed by atoms with E-state index in [1.807, 2.05) is 0 Å². The number of hydrogen-bond donors (Lipinski definition) is 2. The van der Waals surface area contributed by atoms with E-state index in [1.165, 1.54) is 19.3 Å². The van der Waals surface area contributed by atoms with E-state index in [-0.39, 0.29) is 11.9 Å². The molecule has 1 aliphatic heterocycles. The molecule has 0 radical (unpaired) electrons. The number of ether oxygens (including phenoxy) is 1. The Kier molecular flexibility index (Phi) is 5.45. The van der Waals surface area contributed by atoms with Crippen LogP contribution in [0.1, 0.15) is 44.9 Å². The molecule has 3 N–H and O–H groups in total. The summed E-state index contributed by atoms with van der Waals surface area (Å²) >= 11 is 0. The first-order valence-corrected chi connectivity index (χ1v) is 7.35. The Morgan fingerprint density at radius 3 is 2.78 bits per heavy atom. The summed E-state index contributed by atoms with van der Waals surface area (Å²) in [5.74, 6) is 1.06. The largest absolute Gasteiger partial charge is 0.381 e. The third kappa shape index (κ3) is 4.25. The Hall–Kier alpha value is -0.610. The molecule has 4 heteroatoms. The summed E-state index contributed by atoms with van der Waals surface area (Å²) in [6.45, 7) is 2.44. The second-order valence-corrected chi connectivity index (χ2v) is 5.80. The van der Waals surface area contributed by atoms with Crippen LogP contribution in [0.15, 0.2) is 0 Å². The quantitative estimate of drug-likeness (QED) is 0.798. The molecule has 3 unspecified atom stereocenters. The number of rotatable bonds is 4. The average Bonchev–Trinajstić information content (AvgIpc) is 2.40. The van der Waals surface area contributed by atoms with Crippen molar-refractivity contribution < 1.29 is 9.53 Å². The zero-order valence-corrected chi connectivity index (χ0v) is 11.2. The fraction of sp³-hybridized carbons (Fsp3) is 0.929. The molecule has 4 nitrogen and oxygen atoms in total. The molecule has 0 aromatic rings. The summed E-state index contributed by atoms with van der Waals surface area (Å²) < 4.78 is 5.41. The smallest absolute Gasteiger partial charge is 0.220 e. The van der Waals surface area contributed by atoms with Crippen molar-refractivity contribution in [1.29, 1.82) is 0 Å². The van der Waals surface area contributed by atoms with Gasteiger partial charge < -0.3 is 15.8 Å². The molecule has 2 fully saturated rings. The van der Waals surface area contributed by atoms with E-state index in [1.54, 1.807) is 0 Å². The fourth-order valence-electron chi connectivity index (χ4n) is 3.03. The van der Waals surface area contributed by atoms with Gasteiger partial charge in [0, 0.05) is 25.6 Å². The molecule has 1 saturated carbocycles. The van der Waals surface area contributed by atoms with Gasteiger partial charge in [-0.1, -0.05) is 12.8 Å². The molecule has 2 rings (SSSR count). The zero-order valence-electron chi connectivity index (χ0n) is 11.2. The number of nitrogens with two attached hydrogens (primary N) is 1. The maximum absolute atomic E-state index is 11.9. The molecule has 0 spiro atoms. The van der Waals surface area contributed by atoms with E-state index in [0.29, 0.717) is 18.3 Å². The van der Waals surface area contributed by atoms with Crippen LogP contribution in [0.25, 0.3) is 0 Å². The van der Waals surface area contributed by atoms with Crippen molar-refractivity contribution >= 4 is 5.91 Å². The molecular weight excluding hydrogens is 228 g/mol. The fourth-order valence-corrected chi connectivity index (χ4v) is 3.03. The monoisotopic (exact) mass is 254 g/mol. The van der Waals surface area contributed by atoms with Gasteiger partial charge in [0.05, 0.1) is 6.61 Å². The van der Waals surface area contributed by atoms with Crippen LogP contribution in [-0.4, -0.2) is 31.7 Å². The Bertz CT molecular complexity index is 265. The molecule has 0 aromatic carbocycles. The number of carbonyl (C=O) groups excluding carboxylic acids is 1. The van der Waals surface area contributed by atoms with Crippen molar-refractivity contribution in [3.63, 3.8) is 0 Å². The minimum absolute atomic E-state index is 0.169. The van der Waals surface area contributed by atoms with Crippen molar-refractivity contribution in [2.75, 3.05) is 19.8 Å². The topological polar surface area (TPSA) is 64.4 Å². The van der Waals surface area contributed by atoms with Crippen LogP contribution in [0.5, 0.6) is 0 Å². The van der Waals surface area contributed by atoms with Crippen LogP contribution >= 0.6 is 0 Å². The molecule has 0 aromatic heterocycles. The van der Waals surface area contributed by atoms with Crippen LogP contribution in [-0.2, 0) is 9.53 Å². The van der Waals surface area contributed by atoms with Crippen molar-refractivity contribution in [3.8, 4) is 0 Å². The van der Waals surface area contributed by atoms with E-state index in [9.17, 15) is 4.79 Å². The molecule has 1 heterocycles. The third-order valence-corrected chi connectivity index (χ3v) is 4.26. The van der Waals surface area contributed by atoms with Gasteiger partial charge in [0.25, 0.3) is 0 Å². The van der Waals surface area contributed by atoms with Crippen LogP contribution in [0.2, 0.25) is 0 Å². The van der Waals surface area contributed by atoms with Gasteiger partial charge in [-0.3, -0.25) is 4.79 Å². The molecule has 3 atom stereocenters. The summed E-state index contributed by atoms with van der Waals surface area (Å²) in [5.41, 5.74) is 6.07. The second kappa shape index (κ2) is 7.10. The van der Waals surface area contributed by atoms with E-state index in [4.69, 9.17) is 10.5 Å². The number of carbonyl (C=O) groups is 1. The zero-order chi connectivity index (χ0) is 12.8. The lowest BCUT2D eigenvalue weighted by molar-refractivity contribution is -0.122. The van der Waals surface area contributed by atoms with E-state index in [0.717, 1.165) is 39.0 Å². The van der Waals surface area contributed by atoms with Gasteiger partial charge in [-0.2, -0.15) is 0 Å². The van der Waals surface area contributed by atoms with Crippen LogP contribution in [0, 0.1) is 11.8 Å². The lowest BCUT2D eigenvalue weighted by Crippen LogP contribution is -2.39. The van der Waals surface area contributed by atoms with Gasteiger partial charge >= 0.3 is 0 Å². The SMILES string of the molecule is NC1CCCCC1CC(=O)NCC1CCCOC1. The Balaban J connectivity index is 1.64. The summed E-state index contributed by atoms with van der Waals surface area (Å²) in [6.07, 6.45) is 7.53.